The maximum absolute atomic E-state index is 12.2. The van der Waals surface area contributed by atoms with Crippen LogP contribution in [0.5, 0.6) is 11.5 Å². The predicted octanol–water partition coefficient (Wildman–Crippen LogP) is 2.37. The van der Waals surface area contributed by atoms with E-state index in [9.17, 15) is 9.32 Å². The number of aliphatic hydroxyl groups is 1. The van der Waals surface area contributed by atoms with Gasteiger partial charge in [0.1, 0.15) is 11.5 Å². The molecule has 1 aromatic rings. The largest absolute Gasteiger partial charge is 0.497 e. The van der Waals surface area contributed by atoms with Crippen molar-refractivity contribution in [2.24, 2.45) is 4.99 Å². The average Bonchev–Trinajstić information content (AvgIpc) is 2.76. The van der Waals surface area contributed by atoms with E-state index in [1.807, 2.05) is 13.8 Å². The Hall–Kier alpha value is -1.80. The molecule has 164 valence electrons. The molecular weight excluding hydrogens is 390 g/mol. The first-order valence-corrected chi connectivity index (χ1v) is 11.7. The number of ether oxygens (including phenoxy) is 2. The Morgan fingerprint density at radius 3 is 2.52 bits per heavy atom. The predicted molar refractivity (Wildman–Crippen MR) is 118 cm³/mol. The first kappa shape index (κ1) is 23.5. The van der Waals surface area contributed by atoms with Gasteiger partial charge in [-0.1, -0.05) is 13.3 Å². The molecule has 8 heteroatoms. The lowest BCUT2D eigenvalue weighted by atomic mass is 9.95. The van der Waals surface area contributed by atoms with Crippen LogP contribution in [0.3, 0.4) is 0 Å². The summed E-state index contributed by atoms with van der Waals surface area (Å²) in [5.41, 5.74) is 0.692. The summed E-state index contributed by atoms with van der Waals surface area (Å²) < 4.78 is 22.7. The molecule has 1 aliphatic carbocycles. The number of aliphatic imine (C=N–C) groups is 1. The molecule has 1 aliphatic rings. The van der Waals surface area contributed by atoms with Crippen molar-refractivity contribution in [3.8, 4) is 11.5 Å². The minimum Gasteiger partial charge on any atom is -0.497 e. The summed E-state index contributed by atoms with van der Waals surface area (Å²) in [6.45, 7) is 4.93. The maximum atomic E-state index is 12.2. The number of rotatable bonds is 9. The van der Waals surface area contributed by atoms with Gasteiger partial charge in [0.15, 0.2) is 5.96 Å². The summed E-state index contributed by atoms with van der Waals surface area (Å²) in [5, 5.41) is 17.6. The first-order valence-electron chi connectivity index (χ1n) is 10.3. The number of methoxy groups -OCH3 is 2. The summed E-state index contributed by atoms with van der Waals surface area (Å²) in [5.74, 6) is 2.64. The van der Waals surface area contributed by atoms with E-state index in [2.05, 4.69) is 15.6 Å². The minimum atomic E-state index is -0.777. The van der Waals surface area contributed by atoms with Gasteiger partial charge < -0.3 is 25.2 Å². The molecule has 29 heavy (non-hydrogen) atoms. The van der Waals surface area contributed by atoms with Gasteiger partial charge in [0.2, 0.25) is 0 Å². The zero-order valence-electron chi connectivity index (χ0n) is 17.9. The third kappa shape index (κ3) is 7.19. The standard InChI is InChI=1S/C21H35N3O4S/c1-5-22-21(24-16-8-7-9-19(12-16)29(26)6-2)23-14-20(25)15-10-17(27-3)13-18(11-15)28-4/h10-11,13,16,19-20,25H,5-9,12,14H2,1-4H3,(H2,22,23,24). The molecule has 0 bridgehead atoms. The highest BCUT2D eigenvalue weighted by atomic mass is 32.2. The highest BCUT2D eigenvalue weighted by Gasteiger charge is 2.26. The summed E-state index contributed by atoms with van der Waals surface area (Å²) in [6.07, 6.45) is 3.25. The van der Waals surface area contributed by atoms with Crippen LogP contribution in [-0.4, -0.2) is 59.6 Å². The molecule has 0 aromatic heterocycles. The molecule has 1 aromatic carbocycles. The lowest BCUT2D eigenvalue weighted by Gasteiger charge is -2.30. The van der Waals surface area contributed by atoms with E-state index in [1.54, 1.807) is 32.4 Å². The van der Waals surface area contributed by atoms with Crippen LogP contribution < -0.4 is 20.1 Å². The zero-order valence-corrected chi connectivity index (χ0v) is 18.8. The van der Waals surface area contributed by atoms with Crippen molar-refractivity contribution in [1.82, 2.24) is 10.6 Å². The van der Waals surface area contributed by atoms with Crippen molar-refractivity contribution < 1.29 is 18.8 Å². The number of nitrogens with one attached hydrogen (secondary N) is 2. The number of guanidine groups is 1. The fourth-order valence-corrected chi connectivity index (χ4v) is 4.92. The minimum absolute atomic E-state index is 0.211. The van der Waals surface area contributed by atoms with Crippen LogP contribution in [0, 0.1) is 0 Å². The van der Waals surface area contributed by atoms with Crippen LogP contribution in [0.1, 0.15) is 51.2 Å². The highest BCUT2D eigenvalue weighted by Crippen LogP contribution is 2.27. The van der Waals surface area contributed by atoms with E-state index in [0.29, 0.717) is 28.8 Å². The van der Waals surface area contributed by atoms with Gasteiger partial charge in [-0.05, 0) is 43.9 Å². The third-order valence-corrected chi connectivity index (χ3v) is 6.89. The Morgan fingerprint density at radius 2 is 1.93 bits per heavy atom. The van der Waals surface area contributed by atoms with E-state index in [1.165, 1.54) is 0 Å². The molecular formula is C21H35N3O4S. The Balaban J connectivity index is 2.03. The topological polar surface area (TPSA) is 92.2 Å². The van der Waals surface area contributed by atoms with Crippen molar-refractivity contribution in [1.29, 1.82) is 0 Å². The van der Waals surface area contributed by atoms with Gasteiger partial charge in [0, 0.05) is 40.5 Å². The molecule has 2 rings (SSSR count). The van der Waals surface area contributed by atoms with Crippen molar-refractivity contribution in [2.75, 3.05) is 33.1 Å². The molecule has 0 heterocycles. The maximum Gasteiger partial charge on any atom is 0.191 e. The van der Waals surface area contributed by atoms with Gasteiger partial charge >= 0.3 is 0 Å². The molecule has 4 unspecified atom stereocenters. The molecule has 3 N–H and O–H groups in total. The molecule has 1 fully saturated rings. The molecule has 0 saturated heterocycles. The molecule has 0 radical (unpaired) electrons. The third-order valence-electron chi connectivity index (χ3n) is 5.15. The Bertz CT molecular complexity index is 676. The average molecular weight is 426 g/mol. The number of aliphatic hydroxyl groups excluding tert-OH is 1. The summed E-state index contributed by atoms with van der Waals surface area (Å²) in [6, 6.07) is 5.59. The number of benzene rings is 1. The number of hydrogen-bond donors (Lipinski definition) is 3. The van der Waals surface area contributed by atoms with Crippen LogP contribution in [0.25, 0.3) is 0 Å². The second-order valence-corrected chi connectivity index (χ2v) is 9.19. The smallest absolute Gasteiger partial charge is 0.191 e. The van der Waals surface area contributed by atoms with Crippen molar-refractivity contribution >= 4 is 16.8 Å². The van der Waals surface area contributed by atoms with Gasteiger partial charge in [-0.25, -0.2) is 0 Å². The molecule has 1 saturated carbocycles. The fourth-order valence-electron chi connectivity index (χ4n) is 3.57. The quantitative estimate of drug-likeness (QED) is 0.416. The van der Waals surface area contributed by atoms with Crippen molar-refractivity contribution in [3.63, 3.8) is 0 Å². The first-order chi connectivity index (χ1) is 14.0. The lowest BCUT2D eigenvalue weighted by molar-refractivity contribution is 0.186. The van der Waals surface area contributed by atoms with E-state index < -0.39 is 16.9 Å². The second-order valence-electron chi connectivity index (χ2n) is 7.18. The van der Waals surface area contributed by atoms with Gasteiger partial charge in [0.25, 0.3) is 0 Å². The zero-order chi connectivity index (χ0) is 21.2. The van der Waals surface area contributed by atoms with Crippen LogP contribution in [0.2, 0.25) is 0 Å². The van der Waals surface area contributed by atoms with Gasteiger partial charge in [-0.15, -0.1) is 0 Å². The van der Waals surface area contributed by atoms with Crippen LogP contribution in [-0.2, 0) is 10.8 Å². The number of nitrogens with zero attached hydrogens (tertiary/aromatic N) is 1. The highest BCUT2D eigenvalue weighted by molar-refractivity contribution is 7.85. The van der Waals surface area contributed by atoms with E-state index in [4.69, 9.17) is 9.47 Å². The van der Waals surface area contributed by atoms with E-state index >= 15 is 0 Å². The molecule has 4 atom stereocenters. The second kappa shape index (κ2) is 12.0. The monoisotopic (exact) mass is 425 g/mol. The Morgan fingerprint density at radius 1 is 1.24 bits per heavy atom. The fraction of sp³-hybridized carbons (Fsp3) is 0.667. The van der Waals surface area contributed by atoms with Crippen molar-refractivity contribution in [3.05, 3.63) is 23.8 Å². The van der Waals surface area contributed by atoms with Gasteiger partial charge in [-0.3, -0.25) is 9.20 Å². The number of hydrogen-bond acceptors (Lipinski definition) is 5. The SMILES string of the molecule is CCNC(=NCC(O)c1cc(OC)cc(OC)c1)NC1CCCC(S(=O)CC)C1. The Kier molecular flexibility index (Phi) is 9.73. The lowest BCUT2D eigenvalue weighted by Crippen LogP contribution is -2.46. The summed E-state index contributed by atoms with van der Waals surface area (Å²) in [4.78, 5) is 4.57. The molecule has 0 aliphatic heterocycles. The van der Waals surface area contributed by atoms with Crippen molar-refractivity contribution in [2.45, 2.75) is 56.9 Å². The Labute approximate surface area is 176 Å². The summed E-state index contributed by atoms with van der Waals surface area (Å²) >= 11 is 0. The molecule has 7 nitrogen and oxygen atoms in total. The molecule has 0 spiro atoms. The van der Waals surface area contributed by atoms with Gasteiger partial charge in [0.05, 0.1) is 26.9 Å². The van der Waals surface area contributed by atoms with Crippen LogP contribution in [0.4, 0.5) is 0 Å². The molecule has 0 amide bonds. The summed E-state index contributed by atoms with van der Waals surface area (Å²) in [7, 11) is 2.41. The van der Waals surface area contributed by atoms with E-state index in [0.717, 1.165) is 32.2 Å². The van der Waals surface area contributed by atoms with Gasteiger partial charge in [-0.2, -0.15) is 0 Å². The van der Waals surface area contributed by atoms with E-state index in [-0.39, 0.29) is 17.8 Å². The van der Waals surface area contributed by atoms with Crippen LogP contribution >= 0.6 is 0 Å². The normalized spacial score (nSPS) is 21.9. The van der Waals surface area contributed by atoms with Crippen LogP contribution in [0.15, 0.2) is 23.2 Å².